The summed E-state index contributed by atoms with van der Waals surface area (Å²) in [6, 6.07) is 1.02. The standard InChI is InChI=1S/C12H12O5/c1-5-6(2)17-12(16)11-9(15)3-8(14)7(4-13)10(5)11/h3,5,13-15H,2,4H2,1H3. The summed E-state index contributed by atoms with van der Waals surface area (Å²) in [6.07, 6.45) is 0. The third kappa shape index (κ3) is 1.55. The van der Waals surface area contributed by atoms with Gasteiger partial charge < -0.3 is 20.1 Å². The maximum atomic E-state index is 11.6. The van der Waals surface area contributed by atoms with Crippen LogP contribution in [0.5, 0.6) is 11.5 Å². The molecule has 0 spiro atoms. The molecule has 0 amide bonds. The molecule has 0 fully saturated rings. The van der Waals surface area contributed by atoms with Crippen molar-refractivity contribution in [3.05, 3.63) is 35.1 Å². The van der Waals surface area contributed by atoms with E-state index in [0.29, 0.717) is 5.56 Å². The molecule has 1 aliphatic rings. The Morgan fingerprint density at radius 3 is 2.65 bits per heavy atom. The van der Waals surface area contributed by atoms with E-state index < -0.39 is 12.6 Å². The number of allylic oxidation sites excluding steroid dienone is 1. The maximum absolute atomic E-state index is 11.6. The first-order valence-corrected chi connectivity index (χ1v) is 5.06. The van der Waals surface area contributed by atoms with E-state index in [0.717, 1.165) is 6.07 Å². The summed E-state index contributed by atoms with van der Waals surface area (Å²) >= 11 is 0. The fraction of sp³-hybridized carbons (Fsp3) is 0.250. The average Bonchev–Trinajstić information content (AvgIpc) is 2.25. The zero-order valence-electron chi connectivity index (χ0n) is 9.23. The first-order chi connectivity index (χ1) is 7.97. The molecule has 2 rings (SSSR count). The Kier molecular flexibility index (Phi) is 2.55. The van der Waals surface area contributed by atoms with Gasteiger partial charge in [-0.1, -0.05) is 13.5 Å². The Labute approximate surface area is 97.6 Å². The number of aliphatic hydroxyl groups excluding tert-OH is 1. The van der Waals surface area contributed by atoms with E-state index in [9.17, 15) is 20.1 Å². The quantitative estimate of drug-likeness (QED) is 0.641. The lowest BCUT2D eigenvalue weighted by Crippen LogP contribution is -2.21. The summed E-state index contributed by atoms with van der Waals surface area (Å²) in [5, 5.41) is 28.5. The van der Waals surface area contributed by atoms with Crippen molar-refractivity contribution in [3.63, 3.8) is 0 Å². The van der Waals surface area contributed by atoms with E-state index in [-0.39, 0.29) is 34.3 Å². The number of fused-ring (bicyclic) bond motifs is 1. The smallest absolute Gasteiger partial charge is 0.347 e. The molecular formula is C12H12O5. The highest BCUT2D eigenvalue weighted by molar-refractivity contribution is 5.97. The summed E-state index contributed by atoms with van der Waals surface area (Å²) in [6.45, 7) is 4.87. The molecule has 0 saturated carbocycles. The lowest BCUT2D eigenvalue weighted by Gasteiger charge is -2.26. The van der Waals surface area contributed by atoms with E-state index in [1.54, 1.807) is 6.92 Å². The maximum Gasteiger partial charge on any atom is 0.347 e. The topological polar surface area (TPSA) is 87.0 Å². The van der Waals surface area contributed by atoms with Crippen molar-refractivity contribution in [2.75, 3.05) is 0 Å². The summed E-state index contributed by atoms with van der Waals surface area (Å²) in [5.41, 5.74) is 0.557. The predicted molar refractivity (Wildman–Crippen MR) is 58.7 cm³/mol. The first kappa shape index (κ1) is 11.5. The highest BCUT2D eigenvalue weighted by Gasteiger charge is 2.33. The van der Waals surface area contributed by atoms with E-state index in [1.165, 1.54) is 0 Å². The Bertz CT molecular complexity index is 518. The minimum atomic E-state index is -0.727. The van der Waals surface area contributed by atoms with Crippen LogP contribution in [0.2, 0.25) is 0 Å². The van der Waals surface area contributed by atoms with Crippen molar-refractivity contribution >= 4 is 5.97 Å². The molecule has 1 aromatic rings. The summed E-state index contributed by atoms with van der Waals surface area (Å²) in [7, 11) is 0. The third-order valence-corrected chi connectivity index (χ3v) is 2.94. The number of hydrogen-bond donors (Lipinski definition) is 3. The number of aromatic hydroxyl groups is 2. The predicted octanol–water partition coefficient (Wildman–Crippen LogP) is 1.38. The van der Waals surface area contributed by atoms with Gasteiger partial charge in [0, 0.05) is 17.5 Å². The molecule has 1 aliphatic heterocycles. The third-order valence-electron chi connectivity index (χ3n) is 2.94. The number of rotatable bonds is 1. The normalized spacial score (nSPS) is 18.8. The second-order valence-corrected chi connectivity index (χ2v) is 3.92. The fourth-order valence-corrected chi connectivity index (χ4v) is 1.99. The van der Waals surface area contributed by atoms with Crippen molar-refractivity contribution < 1.29 is 24.9 Å². The van der Waals surface area contributed by atoms with Gasteiger partial charge in [-0.2, -0.15) is 0 Å². The molecule has 90 valence electrons. The molecule has 3 N–H and O–H groups in total. The number of carbonyl (C=O) groups is 1. The van der Waals surface area contributed by atoms with Gasteiger partial charge in [-0.25, -0.2) is 4.79 Å². The first-order valence-electron chi connectivity index (χ1n) is 5.06. The highest BCUT2D eigenvalue weighted by Crippen LogP contribution is 2.42. The van der Waals surface area contributed by atoms with Crippen LogP contribution in [-0.2, 0) is 11.3 Å². The number of hydrogen-bond acceptors (Lipinski definition) is 5. The molecule has 0 aromatic heterocycles. The number of phenolic OH excluding ortho intramolecular Hbond substituents is 1. The molecule has 5 nitrogen and oxygen atoms in total. The summed E-state index contributed by atoms with van der Waals surface area (Å²) in [5.74, 6) is -1.50. The number of aliphatic hydroxyl groups is 1. The van der Waals surface area contributed by atoms with Crippen molar-refractivity contribution in [1.29, 1.82) is 0 Å². The van der Waals surface area contributed by atoms with Crippen LogP contribution in [0, 0.1) is 0 Å². The Morgan fingerprint density at radius 1 is 1.41 bits per heavy atom. The van der Waals surface area contributed by atoms with Crippen LogP contribution < -0.4 is 0 Å². The van der Waals surface area contributed by atoms with Crippen LogP contribution in [0.25, 0.3) is 0 Å². The number of phenols is 2. The molecule has 0 aliphatic carbocycles. The molecule has 0 bridgehead atoms. The van der Waals surface area contributed by atoms with Crippen LogP contribution in [0.15, 0.2) is 18.4 Å². The number of esters is 1. The minimum absolute atomic E-state index is 0.0215. The van der Waals surface area contributed by atoms with Gasteiger partial charge in [0.25, 0.3) is 0 Å². The number of ether oxygens (including phenoxy) is 1. The Hall–Kier alpha value is -2.01. The second kappa shape index (κ2) is 3.78. The SMILES string of the molecule is C=C1OC(=O)c2c(O)cc(O)c(CO)c2C1C. The zero-order chi connectivity index (χ0) is 12.7. The van der Waals surface area contributed by atoms with E-state index in [1.807, 2.05) is 0 Å². The van der Waals surface area contributed by atoms with Gasteiger partial charge in [-0.05, 0) is 5.56 Å². The molecule has 1 unspecified atom stereocenters. The highest BCUT2D eigenvalue weighted by atomic mass is 16.5. The van der Waals surface area contributed by atoms with Gasteiger partial charge in [0.1, 0.15) is 22.8 Å². The summed E-state index contributed by atoms with van der Waals surface area (Å²) < 4.78 is 4.89. The van der Waals surface area contributed by atoms with Gasteiger partial charge >= 0.3 is 5.97 Å². The largest absolute Gasteiger partial charge is 0.507 e. The van der Waals surface area contributed by atoms with Crippen molar-refractivity contribution in [2.45, 2.75) is 19.4 Å². The van der Waals surface area contributed by atoms with Crippen molar-refractivity contribution in [2.24, 2.45) is 0 Å². The van der Waals surface area contributed by atoms with Crippen LogP contribution in [0.1, 0.15) is 34.3 Å². The summed E-state index contributed by atoms with van der Waals surface area (Å²) in [4.78, 5) is 11.6. The lowest BCUT2D eigenvalue weighted by atomic mass is 9.87. The monoisotopic (exact) mass is 236 g/mol. The van der Waals surface area contributed by atoms with Gasteiger partial charge in [-0.3, -0.25) is 0 Å². The zero-order valence-corrected chi connectivity index (χ0v) is 9.23. The molecule has 17 heavy (non-hydrogen) atoms. The van der Waals surface area contributed by atoms with Crippen LogP contribution in [0.3, 0.4) is 0 Å². The number of benzene rings is 1. The minimum Gasteiger partial charge on any atom is -0.507 e. The van der Waals surface area contributed by atoms with Gasteiger partial charge in [0.05, 0.1) is 6.61 Å². The molecule has 1 heterocycles. The lowest BCUT2D eigenvalue weighted by molar-refractivity contribution is 0.0579. The van der Waals surface area contributed by atoms with Gasteiger partial charge in [0.15, 0.2) is 0 Å². The Morgan fingerprint density at radius 2 is 2.06 bits per heavy atom. The number of cyclic esters (lactones) is 1. The Balaban J connectivity index is 2.81. The number of carbonyl (C=O) groups excluding carboxylic acids is 1. The second-order valence-electron chi connectivity index (χ2n) is 3.92. The van der Waals surface area contributed by atoms with E-state index in [4.69, 9.17) is 4.74 Å². The van der Waals surface area contributed by atoms with Gasteiger partial charge in [0.2, 0.25) is 0 Å². The van der Waals surface area contributed by atoms with Crippen LogP contribution in [-0.4, -0.2) is 21.3 Å². The molecule has 0 radical (unpaired) electrons. The van der Waals surface area contributed by atoms with E-state index >= 15 is 0 Å². The fourth-order valence-electron chi connectivity index (χ4n) is 1.99. The van der Waals surface area contributed by atoms with E-state index in [2.05, 4.69) is 6.58 Å². The molecule has 0 saturated heterocycles. The average molecular weight is 236 g/mol. The molecular weight excluding hydrogens is 224 g/mol. The van der Waals surface area contributed by atoms with Crippen LogP contribution >= 0.6 is 0 Å². The van der Waals surface area contributed by atoms with Crippen LogP contribution in [0.4, 0.5) is 0 Å². The van der Waals surface area contributed by atoms with Gasteiger partial charge in [-0.15, -0.1) is 0 Å². The van der Waals surface area contributed by atoms with Crippen molar-refractivity contribution in [3.8, 4) is 11.5 Å². The molecule has 5 heteroatoms. The molecule has 1 aromatic carbocycles. The van der Waals surface area contributed by atoms with Crippen molar-refractivity contribution in [1.82, 2.24) is 0 Å². The molecule has 1 atom stereocenters.